The van der Waals surface area contributed by atoms with Gasteiger partial charge in [-0.05, 0) is 62.6 Å². The molecule has 6 heteroatoms. The molecule has 1 aliphatic heterocycles. The molecular formula is C29H39N3O3. The van der Waals surface area contributed by atoms with Crippen molar-refractivity contribution < 1.29 is 14.4 Å². The van der Waals surface area contributed by atoms with E-state index >= 15 is 0 Å². The van der Waals surface area contributed by atoms with Gasteiger partial charge in [0.15, 0.2) is 0 Å². The lowest BCUT2D eigenvalue weighted by atomic mass is 9.88. The highest BCUT2D eigenvalue weighted by Gasteiger charge is 2.34. The molecule has 0 saturated carbocycles. The van der Waals surface area contributed by atoms with Gasteiger partial charge in [0.1, 0.15) is 6.04 Å². The van der Waals surface area contributed by atoms with Crippen molar-refractivity contribution in [2.24, 2.45) is 11.8 Å². The Labute approximate surface area is 209 Å². The molecule has 3 amide bonds. The first-order valence-electron chi connectivity index (χ1n) is 12.7. The summed E-state index contributed by atoms with van der Waals surface area (Å²) in [7, 11) is 0. The van der Waals surface area contributed by atoms with Gasteiger partial charge in [0, 0.05) is 31.1 Å². The number of benzene rings is 2. The average molecular weight is 478 g/mol. The lowest BCUT2D eigenvalue weighted by Gasteiger charge is -2.36. The SMILES string of the molecule is Cc1cccc(C(=O)NC(C(=O)NC(C)C(C)C)C2CCN(C(=O)CCc3ccccc3)CC2)c1. The number of likely N-dealkylation sites (tertiary alicyclic amines) is 1. The van der Waals surface area contributed by atoms with E-state index in [-0.39, 0.29) is 35.6 Å². The summed E-state index contributed by atoms with van der Waals surface area (Å²) < 4.78 is 0. The van der Waals surface area contributed by atoms with Crippen LogP contribution in [0.4, 0.5) is 0 Å². The molecule has 1 saturated heterocycles. The number of rotatable bonds is 9. The third-order valence-corrected chi connectivity index (χ3v) is 7.05. The topological polar surface area (TPSA) is 78.5 Å². The molecule has 6 nitrogen and oxygen atoms in total. The normalized spacial score (nSPS) is 16.0. The molecule has 2 N–H and O–H groups in total. The van der Waals surface area contributed by atoms with Crippen LogP contribution in [0.1, 0.15) is 61.5 Å². The van der Waals surface area contributed by atoms with Crippen molar-refractivity contribution in [3.05, 3.63) is 71.3 Å². The zero-order valence-electron chi connectivity index (χ0n) is 21.4. The van der Waals surface area contributed by atoms with Gasteiger partial charge in [0.25, 0.3) is 5.91 Å². The summed E-state index contributed by atoms with van der Waals surface area (Å²) in [5.74, 6) is 0.0106. The number of nitrogens with zero attached hydrogens (tertiary/aromatic N) is 1. The van der Waals surface area contributed by atoms with E-state index in [1.54, 1.807) is 6.07 Å². The molecular weight excluding hydrogens is 438 g/mol. The van der Waals surface area contributed by atoms with Crippen molar-refractivity contribution in [1.82, 2.24) is 15.5 Å². The van der Waals surface area contributed by atoms with E-state index in [9.17, 15) is 14.4 Å². The van der Waals surface area contributed by atoms with E-state index in [2.05, 4.69) is 24.5 Å². The van der Waals surface area contributed by atoms with E-state index in [4.69, 9.17) is 0 Å². The Kier molecular flexibility index (Phi) is 9.47. The van der Waals surface area contributed by atoms with E-state index in [0.29, 0.717) is 37.9 Å². The highest BCUT2D eigenvalue weighted by atomic mass is 16.2. The molecule has 0 radical (unpaired) electrons. The van der Waals surface area contributed by atoms with Crippen LogP contribution in [0, 0.1) is 18.8 Å². The minimum absolute atomic E-state index is 0.000486. The predicted molar refractivity (Wildman–Crippen MR) is 139 cm³/mol. The number of hydrogen-bond donors (Lipinski definition) is 2. The maximum absolute atomic E-state index is 13.3. The molecule has 0 spiro atoms. The number of carbonyl (C=O) groups is 3. The van der Waals surface area contributed by atoms with Crippen LogP contribution in [-0.4, -0.2) is 47.8 Å². The fourth-order valence-corrected chi connectivity index (χ4v) is 4.43. The van der Waals surface area contributed by atoms with Crippen molar-refractivity contribution in [2.45, 2.75) is 65.5 Å². The molecule has 35 heavy (non-hydrogen) atoms. The van der Waals surface area contributed by atoms with E-state index < -0.39 is 6.04 Å². The van der Waals surface area contributed by atoms with Crippen molar-refractivity contribution in [3.8, 4) is 0 Å². The first-order chi connectivity index (χ1) is 16.7. The van der Waals surface area contributed by atoms with Gasteiger partial charge in [-0.2, -0.15) is 0 Å². The molecule has 1 fully saturated rings. The van der Waals surface area contributed by atoms with Crippen molar-refractivity contribution >= 4 is 17.7 Å². The zero-order chi connectivity index (χ0) is 25.4. The van der Waals surface area contributed by atoms with Gasteiger partial charge in [-0.3, -0.25) is 14.4 Å². The number of carbonyl (C=O) groups excluding carboxylic acids is 3. The van der Waals surface area contributed by atoms with Crippen LogP contribution in [-0.2, 0) is 16.0 Å². The van der Waals surface area contributed by atoms with Crippen molar-refractivity contribution in [1.29, 1.82) is 0 Å². The molecule has 0 aromatic heterocycles. The van der Waals surface area contributed by atoms with Crippen LogP contribution >= 0.6 is 0 Å². The van der Waals surface area contributed by atoms with Crippen molar-refractivity contribution in [3.63, 3.8) is 0 Å². The second-order valence-corrected chi connectivity index (χ2v) is 10.1. The Morgan fingerprint density at radius 1 is 0.943 bits per heavy atom. The molecule has 2 unspecified atom stereocenters. The molecule has 188 valence electrons. The largest absolute Gasteiger partial charge is 0.352 e. The average Bonchev–Trinajstić information content (AvgIpc) is 2.86. The fraction of sp³-hybridized carbons (Fsp3) is 0.483. The van der Waals surface area contributed by atoms with Crippen LogP contribution in [0.25, 0.3) is 0 Å². The first kappa shape index (κ1) is 26.5. The molecule has 2 atom stereocenters. The van der Waals surface area contributed by atoms with Gasteiger partial charge in [-0.15, -0.1) is 0 Å². The monoisotopic (exact) mass is 477 g/mol. The van der Waals surface area contributed by atoms with E-state index in [1.165, 1.54) is 0 Å². The number of amides is 3. The van der Waals surface area contributed by atoms with Crippen molar-refractivity contribution in [2.75, 3.05) is 13.1 Å². The van der Waals surface area contributed by atoms with E-state index in [0.717, 1.165) is 17.5 Å². The number of piperidine rings is 1. The second-order valence-electron chi connectivity index (χ2n) is 10.1. The lowest BCUT2D eigenvalue weighted by Crippen LogP contribution is -2.55. The standard InChI is InChI=1S/C29H39N3O3/c1-20(2)22(4)30-29(35)27(31-28(34)25-12-8-9-21(3)19-25)24-15-17-32(18-16-24)26(33)14-13-23-10-6-5-7-11-23/h5-12,19-20,22,24,27H,13-18H2,1-4H3,(H,30,35)(H,31,34). The third-order valence-electron chi connectivity index (χ3n) is 7.05. The maximum Gasteiger partial charge on any atom is 0.251 e. The summed E-state index contributed by atoms with van der Waals surface area (Å²) in [6.45, 7) is 9.24. The first-order valence-corrected chi connectivity index (χ1v) is 12.7. The molecule has 0 aliphatic carbocycles. The van der Waals surface area contributed by atoms with E-state index in [1.807, 2.05) is 67.3 Å². The molecule has 3 rings (SSSR count). The van der Waals surface area contributed by atoms with Gasteiger partial charge in [0.05, 0.1) is 0 Å². The zero-order valence-corrected chi connectivity index (χ0v) is 21.4. The Balaban J connectivity index is 1.63. The summed E-state index contributed by atoms with van der Waals surface area (Å²) in [5, 5.41) is 6.09. The maximum atomic E-state index is 13.3. The fourth-order valence-electron chi connectivity index (χ4n) is 4.43. The Morgan fingerprint density at radius 2 is 1.63 bits per heavy atom. The summed E-state index contributed by atoms with van der Waals surface area (Å²) in [6, 6.07) is 16.8. The number of hydrogen-bond acceptors (Lipinski definition) is 3. The predicted octanol–water partition coefficient (Wildman–Crippen LogP) is 4.13. The van der Waals surface area contributed by atoms with Gasteiger partial charge < -0.3 is 15.5 Å². The number of nitrogens with one attached hydrogen (secondary N) is 2. The third kappa shape index (κ3) is 7.67. The summed E-state index contributed by atoms with van der Waals surface area (Å²) >= 11 is 0. The minimum Gasteiger partial charge on any atom is -0.352 e. The Hall–Kier alpha value is -3.15. The summed E-state index contributed by atoms with van der Waals surface area (Å²) in [5.41, 5.74) is 2.70. The van der Waals surface area contributed by atoms with Gasteiger partial charge in [-0.1, -0.05) is 61.9 Å². The van der Waals surface area contributed by atoms with Gasteiger partial charge in [0.2, 0.25) is 11.8 Å². The molecule has 1 aliphatic rings. The summed E-state index contributed by atoms with van der Waals surface area (Å²) in [6.07, 6.45) is 2.57. The molecule has 1 heterocycles. The molecule has 2 aromatic rings. The van der Waals surface area contributed by atoms with Gasteiger partial charge >= 0.3 is 0 Å². The van der Waals surface area contributed by atoms with Crippen LogP contribution in [0.2, 0.25) is 0 Å². The molecule has 0 bridgehead atoms. The van der Waals surface area contributed by atoms with Crippen LogP contribution in [0.15, 0.2) is 54.6 Å². The quantitative estimate of drug-likeness (QED) is 0.570. The smallest absolute Gasteiger partial charge is 0.251 e. The molecule has 2 aromatic carbocycles. The van der Waals surface area contributed by atoms with Crippen LogP contribution in [0.5, 0.6) is 0 Å². The highest BCUT2D eigenvalue weighted by molar-refractivity contribution is 5.97. The highest BCUT2D eigenvalue weighted by Crippen LogP contribution is 2.23. The Bertz CT molecular complexity index is 997. The van der Waals surface area contributed by atoms with Crippen LogP contribution < -0.4 is 10.6 Å². The Morgan fingerprint density at radius 3 is 2.26 bits per heavy atom. The number of aryl methyl sites for hydroxylation is 2. The summed E-state index contributed by atoms with van der Waals surface area (Å²) in [4.78, 5) is 40.9. The lowest BCUT2D eigenvalue weighted by molar-refractivity contribution is -0.133. The minimum atomic E-state index is -0.634. The van der Waals surface area contributed by atoms with Gasteiger partial charge in [-0.25, -0.2) is 0 Å². The second kappa shape index (κ2) is 12.5. The van der Waals surface area contributed by atoms with Crippen LogP contribution in [0.3, 0.4) is 0 Å².